The molecule has 136 valence electrons. The van der Waals surface area contributed by atoms with Crippen LogP contribution < -0.4 is 0 Å². The Bertz CT molecular complexity index is 752. The zero-order valence-corrected chi connectivity index (χ0v) is 15.4. The molecule has 0 saturated carbocycles. The van der Waals surface area contributed by atoms with Gasteiger partial charge in [-0.3, -0.25) is 4.79 Å². The number of hydrogen-bond donors (Lipinski definition) is 0. The van der Waals surface area contributed by atoms with E-state index in [-0.39, 0.29) is 17.9 Å². The maximum Gasteiger partial charge on any atom is 0.223 e. The molecular weight excluding hydrogens is 322 g/mol. The molecule has 3 atom stereocenters. The van der Waals surface area contributed by atoms with Crippen LogP contribution in [0.4, 0.5) is 0 Å². The highest BCUT2D eigenvalue weighted by Gasteiger charge is 2.34. The number of hydrogen-bond acceptors (Lipinski definition) is 2. The zero-order chi connectivity index (χ0) is 17.9. The summed E-state index contributed by atoms with van der Waals surface area (Å²) in [4.78, 5) is 15.2. The van der Waals surface area contributed by atoms with Crippen LogP contribution in [0.15, 0.2) is 54.6 Å². The lowest BCUT2D eigenvalue weighted by Gasteiger charge is -2.34. The molecule has 0 unspecified atom stereocenters. The lowest BCUT2D eigenvalue weighted by atomic mass is 9.83. The molecule has 0 bridgehead atoms. The van der Waals surface area contributed by atoms with E-state index in [2.05, 4.69) is 66.4 Å². The molecule has 1 amide bonds. The van der Waals surface area contributed by atoms with Gasteiger partial charge in [0.25, 0.3) is 0 Å². The minimum Gasteiger partial charge on any atom is -0.381 e. The van der Waals surface area contributed by atoms with Gasteiger partial charge in [0.1, 0.15) is 0 Å². The molecule has 4 rings (SSSR count). The minimum atomic E-state index is 0.149. The average molecular weight is 349 g/mol. The summed E-state index contributed by atoms with van der Waals surface area (Å²) in [7, 11) is 0. The molecule has 0 aliphatic carbocycles. The molecule has 0 N–H and O–H groups in total. The molecule has 1 saturated heterocycles. The molecule has 1 fully saturated rings. The van der Waals surface area contributed by atoms with Crippen molar-refractivity contribution in [1.82, 2.24) is 4.90 Å². The van der Waals surface area contributed by atoms with Crippen molar-refractivity contribution in [2.75, 3.05) is 19.8 Å². The highest BCUT2D eigenvalue weighted by atomic mass is 16.5. The molecular formula is C23H27NO2. The standard InChI is InChI=1S/C23H27NO2/c1-17-23(20-8-3-2-4-9-20)21-10-6-5-7-19(21)11-13-24(17)22(25)15-18-12-14-26-16-18/h2-10,17-18,23H,11-16H2,1H3/t17-,18-,23-/m1/s1. The van der Waals surface area contributed by atoms with Gasteiger partial charge < -0.3 is 9.64 Å². The Morgan fingerprint density at radius 1 is 1.12 bits per heavy atom. The Hall–Kier alpha value is -2.13. The minimum absolute atomic E-state index is 0.149. The second kappa shape index (κ2) is 7.63. The Balaban J connectivity index is 1.66. The summed E-state index contributed by atoms with van der Waals surface area (Å²) in [5, 5.41) is 0. The summed E-state index contributed by atoms with van der Waals surface area (Å²) in [5.74, 6) is 0.885. The van der Waals surface area contributed by atoms with Gasteiger partial charge in [-0.2, -0.15) is 0 Å². The Labute approximate surface area is 156 Å². The van der Waals surface area contributed by atoms with E-state index >= 15 is 0 Å². The highest BCUT2D eigenvalue weighted by Crippen LogP contribution is 2.36. The van der Waals surface area contributed by atoms with Gasteiger partial charge in [0.2, 0.25) is 5.91 Å². The Morgan fingerprint density at radius 2 is 1.88 bits per heavy atom. The summed E-state index contributed by atoms with van der Waals surface area (Å²) in [6.07, 6.45) is 2.55. The SMILES string of the molecule is C[C@@H]1[C@H](c2ccccc2)c2ccccc2CCN1C(=O)C[C@H]1CCOC1. The van der Waals surface area contributed by atoms with E-state index in [1.165, 1.54) is 16.7 Å². The van der Waals surface area contributed by atoms with Gasteiger partial charge in [0.05, 0.1) is 0 Å². The normalized spacial score (nSPS) is 25.6. The van der Waals surface area contributed by atoms with Gasteiger partial charge in [-0.15, -0.1) is 0 Å². The van der Waals surface area contributed by atoms with Crippen molar-refractivity contribution in [2.45, 2.75) is 38.1 Å². The van der Waals surface area contributed by atoms with Gasteiger partial charge in [0.15, 0.2) is 0 Å². The first-order valence-electron chi connectivity index (χ1n) is 9.74. The third-order valence-electron chi connectivity index (χ3n) is 5.95. The quantitative estimate of drug-likeness (QED) is 0.838. The smallest absolute Gasteiger partial charge is 0.223 e. The predicted octanol–water partition coefficient (Wildman–Crippen LogP) is 4.02. The first-order valence-corrected chi connectivity index (χ1v) is 9.74. The van der Waals surface area contributed by atoms with Crippen molar-refractivity contribution < 1.29 is 9.53 Å². The molecule has 2 aliphatic rings. The van der Waals surface area contributed by atoms with Gasteiger partial charge in [-0.25, -0.2) is 0 Å². The molecule has 3 nitrogen and oxygen atoms in total. The van der Waals surface area contributed by atoms with Gasteiger partial charge in [-0.1, -0.05) is 54.6 Å². The number of amides is 1. The molecule has 3 heteroatoms. The highest BCUT2D eigenvalue weighted by molar-refractivity contribution is 5.77. The number of carbonyl (C=O) groups is 1. The predicted molar refractivity (Wildman–Crippen MR) is 103 cm³/mol. The summed E-state index contributed by atoms with van der Waals surface area (Å²) in [6.45, 7) is 4.54. The first kappa shape index (κ1) is 17.3. The molecule has 2 heterocycles. The van der Waals surface area contributed by atoms with Crippen LogP contribution in [-0.2, 0) is 16.0 Å². The van der Waals surface area contributed by atoms with Crippen LogP contribution in [0, 0.1) is 5.92 Å². The van der Waals surface area contributed by atoms with E-state index in [9.17, 15) is 4.79 Å². The van der Waals surface area contributed by atoms with E-state index in [0.29, 0.717) is 12.3 Å². The third kappa shape index (κ3) is 3.41. The van der Waals surface area contributed by atoms with Crippen LogP contribution in [0.3, 0.4) is 0 Å². The number of ether oxygens (including phenoxy) is 1. The van der Waals surface area contributed by atoms with Crippen LogP contribution in [0.25, 0.3) is 0 Å². The van der Waals surface area contributed by atoms with E-state index in [1.54, 1.807) is 0 Å². The zero-order valence-electron chi connectivity index (χ0n) is 15.4. The van der Waals surface area contributed by atoms with Crippen molar-refractivity contribution >= 4 is 5.91 Å². The monoisotopic (exact) mass is 349 g/mol. The molecule has 0 spiro atoms. The number of rotatable bonds is 3. The molecule has 2 aromatic carbocycles. The van der Waals surface area contributed by atoms with Crippen molar-refractivity contribution in [3.63, 3.8) is 0 Å². The van der Waals surface area contributed by atoms with Gasteiger partial charge in [0, 0.05) is 38.1 Å². The van der Waals surface area contributed by atoms with E-state index in [4.69, 9.17) is 4.74 Å². The number of fused-ring (bicyclic) bond motifs is 1. The second-order valence-electron chi connectivity index (χ2n) is 7.60. The van der Waals surface area contributed by atoms with Crippen LogP contribution in [-0.4, -0.2) is 36.6 Å². The summed E-state index contributed by atoms with van der Waals surface area (Å²) < 4.78 is 5.47. The third-order valence-corrected chi connectivity index (χ3v) is 5.95. The maximum absolute atomic E-state index is 13.1. The fourth-order valence-corrected chi connectivity index (χ4v) is 4.53. The fourth-order valence-electron chi connectivity index (χ4n) is 4.53. The van der Waals surface area contributed by atoms with Crippen LogP contribution >= 0.6 is 0 Å². The van der Waals surface area contributed by atoms with Crippen LogP contribution in [0.2, 0.25) is 0 Å². The van der Waals surface area contributed by atoms with Crippen molar-refractivity contribution in [3.8, 4) is 0 Å². The van der Waals surface area contributed by atoms with Crippen LogP contribution in [0.1, 0.15) is 42.4 Å². The average Bonchev–Trinajstić information content (AvgIpc) is 3.12. The second-order valence-corrected chi connectivity index (χ2v) is 7.60. The largest absolute Gasteiger partial charge is 0.381 e. The maximum atomic E-state index is 13.1. The number of nitrogens with zero attached hydrogens (tertiary/aromatic N) is 1. The first-order chi connectivity index (χ1) is 12.7. The fraction of sp³-hybridized carbons (Fsp3) is 0.435. The molecule has 2 aromatic rings. The summed E-state index contributed by atoms with van der Waals surface area (Å²) in [6, 6.07) is 19.5. The molecule has 2 aliphatic heterocycles. The van der Waals surface area contributed by atoms with Crippen molar-refractivity contribution in [3.05, 3.63) is 71.3 Å². The Morgan fingerprint density at radius 3 is 2.65 bits per heavy atom. The van der Waals surface area contributed by atoms with E-state index in [0.717, 1.165) is 32.6 Å². The topological polar surface area (TPSA) is 29.5 Å². The number of carbonyl (C=O) groups excluding carboxylic acids is 1. The molecule has 26 heavy (non-hydrogen) atoms. The van der Waals surface area contributed by atoms with Gasteiger partial charge >= 0.3 is 0 Å². The van der Waals surface area contributed by atoms with E-state index < -0.39 is 0 Å². The van der Waals surface area contributed by atoms with Gasteiger partial charge in [-0.05, 0) is 42.4 Å². The summed E-state index contributed by atoms with van der Waals surface area (Å²) >= 11 is 0. The van der Waals surface area contributed by atoms with Crippen molar-refractivity contribution in [1.29, 1.82) is 0 Å². The summed E-state index contributed by atoms with van der Waals surface area (Å²) in [5.41, 5.74) is 4.02. The van der Waals surface area contributed by atoms with Crippen LogP contribution in [0.5, 0.6) is 0 Å². The molecule has 0 radical (unpaired) electrons. The number of benzene rings is 2. The van der Waals surface area contributed by atoms with E-state index in [1.807, 2.05) is 0 Å². The lowest BCUT2D eigenvalue weighted by Crippen LogP contribution is -2.42. The van der Waals surface area contributed by atoms with Crippen molar-refractivity contribution in [2.24, 2.45) is 5.92 Å². The Kier molecular flexibility index (Phi) is 5.07. The molecule has 0 aromatic heterocycles. The lowest BCUT2D eigenvalue weighted by molar-refractivity contribution is -0.134.